The number of ether oxygens (including phenoxy) is 1. The maximum absolute atomic E-state index is 11.8. The van der Waals surface area contributed by atoms with Crippen LogP contribution in [0.5, 0.6) is 0 Å². The van der Waals surface area contributed by atoms with Crippen molar-refractivity contribution in [3.63, 3.8) is 0 Å². The van der Waals surface area contributed by atoms with E-state index in [0.717, 1.165) is 12.7 Å². The molecule has 1 aromatic rings. The standard InChI is InChI=1S/C12H18N2O4S/c1-18-8-4-7-13-12(15)10-5-3-6-11(9-10)14-19(2,16)17/h3,5-6,9,14H,4,7-8H2,1-2H3,(H,13,15). The van der Waals surface area contributed by atoms with E-state index in [0.29, 0.717) is 24.4 Å². The molecule has 0 radical (unpaired) electrons. The first-order valence-electron chi connectivity index (χ1n) is 5.77. The molecule has 0 heterocycles. The van der Waals surface area contributed by atoms with Gasteiger partial charge in [-0.15, -0.1) is 0 Å². The Morgan fingerprint density at radius 1 is 1.37 bits per heavy atom. The zero-order chi connectivity index (χ0) is 14.3. The van der Waals surface area contributed by atoms with Crippen LogP contribution in [-0.4, -0.2) is 40.8 Å². The molecular weight excluding hydrogens is 268 g/mol. The van der Waals surface area contributed by atoms with Crippen LogP contribution in [0, 0.1) is 0 Å². The highest BCUT2D eigenvalue weighted by atomic mass is 32.2. The van der Waals surface area contributed by atoms with Crippen molar-refractivity contribution in [2.24, 2.45) is 0 Å². The van der Waals surface area contributed by atoms with Crippen molar-refractivity contribution in [3.8, 4) is 0 Å². The topological polar surface area (TPSA) is 84.5 Å². The summed E-state index contributed by atoms with van der Waals surface area (Å²) >= 11 is 0. The van der Waals surface area contributed by atoms with Crippen molar-refractivity contribution in [1.82, 2.24) is 5.32 Å². The lowest BCUT2D eigenvalue weighted by molar-refractivity contribution is 0.0948. The maximum atomic E-state index is 11.8. The second kappa shape index (κ2) is 7.10. The third-order valence-electron chi connectivity index (χ3n) is 2.24. The summed E-state index contributed by atoms with van der Waals surface area (Å²) in [6.45, 7) is 1.09. The largest absolute Gasteiger partial charge is 0.385 e. The smallest absolute Gasteiger partial charge is 0.251 e. The molecule has 0 aliphatic rings. The summed E-state index contributed by atoms with van der Waals surface area (Å²) in [5.41, 5.74) is 0.776. The summed E-state index contributed by atoms with van der Waals surface area (Å²) in [5, 5.41) is 2.73. The fraction of sp³-hybridized carbons (Fsp3) is 0.417. The van der Waals surface area contributed by atoms with Gasteiger partial charge in [0.25, 0.3) is 5.91 Å². The lowest BCUT2D eigenvalue weighted by Crippen LogP contribution is -2.25. The number of hydrogen-bond acceptors (Lipinski definition) is 4. The van der Waals surface area contributed by atoms with Gasteiger partial charge in [-0.05, 0) is 24.6 Å². The Hall–Kier alpha value is -1.60. The van der Waals surface area contributed by atoms with E-state index in [4.69, 9.17) is 4.74 Å². The molecule has 0 saturated heterocycles. The third-order valence-corrected chi connectivity index (χ3v) is 2.85. The molecule has 1 amide bonds. The Morgan fingerprint density at radius 2 is 2.11 bits per heavy atom. The zero-order valence-electron chi connectivity index (χ0n) is 11.0. The van der Waals surface area contributed by atoms with Crippen LogP contribution in [-0.2, 0) is 14.8 Å². The van der Waals surface area contributed by atoms with E-state index in [9.17, 15) is 13.2 Å². The number of carbonyl (C=O) groups excluding carboxylic acids is 1. The van der Waals surface area contributed by atoms with Crippen LogP contribution in [0.2, 0.25) is 0 Å². The molecule has 0 saturated carbocycles. The number of amides is 1. The third kappa shape index (κ3) is 6.21. The average molecular weight is 286 g/mol. The Bertz CT molecular complexity index is 528. The fourth-order valence-corrected chi connectivity index (χ4v) is 2.01. The van der Waals surface area contributed by atoms with E-state index in [2.05, 4.69) is 10.0 Å². The molecule has 106 valence electrons. The van der Waals surface area contributed by atoms with Crippen LogP contribution in [0.4, 0.5) is 5.69 Å². The number of carbonyl (C=O) groups is 1. The van der Waals surface area contributed by atoms with Gasteiger partial charge in [-0.3, -0.25) is 9.52 Å². The first-order chi connectivity index (χ1) is 8.92. The normalized spacial score (nSPS) is 11.1. The van der Waals surface area contributed by atoms with Gasteiger partial charge in [-0.1, -0.05) is 6.07 Å². The van der Waals surface area contributed by atoms with Gasteiger partial charge in [0, 0.05) is 31.5 Å². The highest BCUT2D eigenvalue weighted by Gasteiger charge is 2.07. The first-order valence-corrected chi connectivity index (χ1v) is 7.66. The Balaban J connectivity index is 2.63. The van der Waals surface area contributed by atoms with Crippen molar-refractivity contribution in [3.05, 3.63) is 29.8 Å². The fourth-order valence-electron chi connectivity index (χ4n) is 1.46. The summed E-state index contributed by atoms with van der Waals surface area (Å²) in [5.74, 6) is -0.242. The minimum absolute atomic E-state index is 0.242. The summed E-state index contributed by atoms with van der Waals surface area (Å²) in [7, 11) is -1.74. The van der Waals surface area contributed by atoms with Crippen molar-refractivity contribution >= 4 is 21.6 Å². The van der Waals surface area contributed by atoms with Crippen molar-refractivity contribution in [1.29, 1.82) is 0 Å². The Morgan fingerprint density at radius 3 is 2.74 bits per heavy atom. The lowest BCUT2D eigenvalue weighted by Gasteiger charge is -2.07. The summed E-state index contributed by atoms with van der Waals surface area (Å²) < 4.78 is 29.4. The van der Waals surface area contributed by atoms with Gasteiger partial charge in [0.05, 0.1) is 6.26 Å². The van der Waals surface area contributed by atoms with Crippen LogP contribution < -0.4 is 10.0 Å². The Labute approximate surface area is 113 Å². The average Bonchev–Trinajstić information content (AvgIpc) is 2.32. The van der Waals surface area contributed by atoms with E-state index in [1.165, 1.54) is 6.07 Å². The van der Waals surface area contributed by atoms with Gasteiger partial charge in [0.1, 0.15) is 0 Å². The van der Waals surface area contributed by atoms with E-state index in [-0.39, 0.29) is 5.91 Å². The number of rotatable bonds is 7. The molecule has 0 aromatic heterocycles. The number of benzene rings is 1. The van der Waals surface area contributed by atoms with Gasteiger partial charge in [-0.25, -0.2) is 8.42 Å². The quantitative estimate of drug-likeness (QED) is 0.727. The van der Waals surface area contributed by atoms with E-state index >= 15 is 0 Å². The Kier molecular flexibility index (Phi) is 5.78. The van der Waals surface area contributed by atoms with Crippen LogP contribution in [0.15, 0.2) is 24.3 Å². The molecule has 2 N–H and O–H groups in total. The van der Waals surface area contributed by atoms with Crippen molar-refractivity contribution < 1.29 is 17.9 Å². The molecule has 1 aromatic carbocycles. The molecule has 0 fully saturated rings. The van der Waals surface area contributed by atoms with Crippen molar-refractivity contribution in [2.75, 3.05) is 31.2 Å². The minimum atomic E-state index is -3.34. The van der Waals surface area contributed by atoms with Gasteiger partial charge >= 0.3 is 0 Å². The highest BCUT2D eigenvalue weighted by molar-refractivity contribution is 7.92. The monoisotopic (exact) mass is 286 g/mol. The number of methoxy groups -OCH3 is 1. The summed E-state index contributed by atoms with van der Waals surface area (Å²) in [6.07, 6.45) is 1.79. The molecule has 0 atom stereocenters. The van der Waals surface area contributed by atoms with Gasteiger partial charge in [-0.2, -0.15) is 0 Å². The molecule has 7 heteroatoms. The number of anilines is 1. The SMILES string of the molecule is COCCCNC(=O)c1cccc(NS(C)(=O)=O)c1. The van der Waals surface area contributed by atoms with Gasteiger partial charge < -0.3 is 10.1 Å². The molecule has 0 aliphatic heterocycles. The number of sulfonamides is 1. The second-order valence-electron chi connectivity index (χ2n) is 4.06. The van der Waals surface area contributed by atoms with Gasteiger partial charge in [0.15, 0.2) is 0 Å². The highest BCUT2D eigenvalue weighted by Crippen LogP contribution is 2.11. The predicted molar refractivity (Wildman–Crippen MR) is 73.7 cm³/mol. The second-order valence-corrected chi connectivity index (χ2v) is 5.81. The molecule has 0 spiro atoms. The first kappa shape index (κ1) is 15.5. The molecule has 6 nitrogen and oxygen atoms in total. The van der Waals surface area contributed by atoms with E-state index < -0.39 is 10.0 Å². The van der Waals surface area contributed by atoms with E-state index in [1.807, 2.05) is 0 Å². The summed E-state index contributed by atoms with van der Waals surface area (Å²) in [6, 6.07) is 6.33. The molecule has 0 bridgehead atoms. The molecule has 19 heavy (non-hydrogen) atoms. The molecule has 0 unspecified atom stereocenters. The lowest BCUT2D eigenvalue weighted by atomic mass is 10.2. The van der Waals surface area contributed by atoms with Crippen LogP contribution in [0.25, 0.3) is 0 Å². The number of nitrogens with one attached hydrogen (secondary N) is 2. The summed E-state index contributed by atoms with van der Waals surface area (Å²) in [4.78, 5) is 11.8. The predicted octanol–water partition coefficient (Wildman–Crippen LogP) is 0.824. The molecule has 1 rings (SSSR count). The molecular formula is C12H18N2O4S. The number of hydrogen-bond donors (Lipinski definition) is 2. The zero-order valence-corrected chi connectivity index (χ0v) is 11.8. The van der Waals surface area contributed by atoms with Crippen LogP contribution >= 0.6 is 0 Å². The van der Waals surface area contributed by atoms with Crippen LogP contribution in [0.1, 0.15) is 16.8 Å². The minimum Gasteiger partial charge on any atom is -0.385 e. The van der Waals surface area contributed by atoms with Crippen LogP contribution in [0.3, 0.4) is 0 Å². The van der Waals surface area contributed by atoms with Crippen molar-refractivity contribution in [2.45, 2.75) is 6.42 Å². The molecule has 0 aliphatic carbocycles. The van der Waals surface area contributed by atoms with E-state index in [1.54, 1.807) is 25.3 Å². The maximum Gasteiger partial charge on any atom is 0.251 e. The van der Waals surface area contributed by atoms with Gasteiger partial charge in [0.2, 0.25) is 10.0 Å².